The lowest BCUT2D eigenvalue weighted by Gasteiger charge is -2.07. The second-order valence-electron chi connectivity index (χ2n) is 3.18. The number of carbonyl (C=O) groups is 1. The van der Waals surface area contributed by atoms with Gasteiger partial charge < -0.3 is 5.11 Å². The SMILES string of the molecule is C[C@@H](Cc1ccc(Cl)cc1Cl)C(=O)O. The predicted octanol–water partition coefficient (Wildman–Crippen LogP) is 3.26. The smallest absolute Gasteiger partial charge is 0.306 e. The molecule has 0 aliphatic heterocycles. The highest BCUT2D eigenvalue weighted by Gasteiger charge is 2.13. The van der Waals surface area contributed by atoms with Crippen LogP contribution in [0.3, 0.4) is 0 Å². The number of aliphatic carboxylic acids is 1. The maximum Gasteiger partial charge on any atom is 0.306 e. The lowest BCUT2D eigenvalue weighted by Crippen LogP contribution is -2.12. The molecule has 0 radical (unpaired) electrons. The Bertz CT molecular complexity index is 350. The van der Waals surface area contributed by atoms with Gasteiger partial charge in [-0.05, 0) is 24.1 Å². The molecular weight excluding hydrogens is 223 g/mol. The van der Waals surface area contributed by atoms with Crippen molar-refractivity contribution in [2.75, 3.05) is 0 Å². The molecule has 0 saturated carbocycles. The van der Waals surface area contributed by atoms with Crippen LogP contribution < -0.4 is 0 Å². The van der Waals surface area contributed by atoms with Crippen molar-refractivity contribution in [3.63, 3.8) is 0 Å². The molecule has 0 amide bonds. The van der Waals surface area contributed by atoms with E-state index >= 15 is 0 Å². The van der Waals surface area contributed by atoms with Crippen LogP contribution in [-0.4, -0.2) is 11.1 Å². The number of halogens is 2. The summed E-state index contributed by atoms with van der Waals surface area (Å²) in [5, 5.41) is 9.80. The van der Waals surface area contributed by atoms with Crippen molar-refractivity contribution in [2.45, 2.75) is 13.3 Å². The van der Waals surface area contributed by atoms with E-state index in [2.05, 4.69) is 0 Å². The molecule has 0 bridgehead atoms. The third-order valence-corrected chi connectivity index (χ3v) is 2.55. The highest BCUT2D eigenvalue weighted by atomic mass is 35.5. The van der Waals surface area contributed by atoms with Crippen molar-refractivity contribution < 1.29 is 9.90 Å². The fourth-order valence-electron chi connectivity index (χ4n) is 1.10. The first-order valence-electron chi connectivity index (χ1n) is 4.17. The van der Waals surface area contributed by atoms with Gasteiger partial charge in [0, 0.05) is 10.0 Å². The maximum atomic E-state index is 10.6. The molecule has 0 aliphatic rings. The van der Waals surface area contributed by atoms with E-state index in [0.29, 0.717) is 16.5 Å². The first kappa shape index (κ1) is 11.3. The van der Waals surface area contributed by atoms with E-state index in [0.717, 1.165) is 5.56 Å². The standard InChI is InChI=1S/C10H10Cl2O2/c1-6(10(13)14)4-7-2-3-8(11)5-9(7)12/h2-3,5-6H,4H2,1H3,(H,13,14)/t6-/m0/s1. The van der Waals surface area contributed by atoms with Gasteiger partial charge in [-0.15, -0.1) is 0 Å². The minimum Gasteiger partial charge on any atom is -0.481 e. The highest BCUT2D eigenvalue weighted by molar-refractivity contribution is 6.35. The third kappa shape index (κ3) is 2.89. The third-order valence-electron chi connectivity index (χ3n) is 1.96. The number of hydrogen-bond acceptors (Lipinski definition) is 1. The normalized spacial score (nSPS) is 12.5. The van der Waals surface area contributed by atoms with Crippen molar-refractivity contribution in [2.24, 2.45) is 5.92 Å². The topological polar surface area (TPSA) is 37.3 Å². The molecule has 2 nitrogen and oxygen atoms in total. The van der Waals surface area contributed by atoms with Crippen LogP contribution in [-0.2, 0) is 11.2 Å². The van der Waals surface area contributed by atoms with E-state index < -0.39 is 11.9 Å². The van der Waals surface area contributed by atoms with E-state index in [9.17, 15) is 4.79 Å². The van der Waals surface area contributed by atoms with Crippen molar-refractivity contribution in [1.82, 2.24) is 0 Å². The average Bonchev–Trinajstić information content (AvgIpc) is 2.09. The van der Waals surface area contributed by atoms with Crippen LogP contribution in [0.4, 0.5) is 0 Å². The van der Waals surface area contributed by atoms with Gasteiger partial charge in [0.2, 0.25) is 0 Å². The van der Waals surface area contributed by atoms with Gasteiger partial charge in [-0.25, -0.2) is 0 Å². The fraction of sp³-hybridized carbons (Fsp3) is 0.300. The van der Waals surface area contributed by atoms with Gasteiger partial charge in [-0.2, -0.15) is 0 Å². The van der Waals surface area contributed by atoms with Crippen LogP contribution >= 0.6 is 23.2 Å². The second kappa shape index (κ2) is 4.67. The summed E-state index contributed by atoms with van der Waals surface area (Å²) in [7, 11) is 0. The Kier molecular flexibility index (Phi) is 3.78. The summed E-state index contributed by atoms with van der Waals surface area (Å²) < 4.78 is 0. The van der Waals surface area contributed by atoms with Crippen LogP contribution in [0.5, 0.6) is 0 Å². The van der Waals surface area contributed by atoms with Crippen LogP contribution in [0.15, 0.2) is 18.2 Å². The average molecular weight is 233 g/mol. The zero-order chi connectivity index (χ0) is 10.7. The van der Waals surface area contributed by atoms with E-state index in [1.54, 1.807) is 25.1 Å². The molecule has 0 heterocycles. The van der Waals surface area contributed by atoms with E-state index in [1.165, 1.54) is 0 Å². The summed E-state index contributed by atoms with van der Waals surface area (Å²) in [6.45, 7) is 1.65. The summed E-state index contributed by atoms with van der Waals surface area (Å²) in [6, 6.07) is 5.08. The Morgan fingerprint density at radius 1 is 1.50 bits per heavy atom. The van der Waals surface area contributed by atoms with Gasteiger partial charge in [0.05, 0.1) is 5.92 Å². The number of carboxylic acid groups (broad SMARTS) is 1. The lowest BCUT2D eigenvalue weighted by molar-refractivity contribution is -0.141. The largest absolute Gasteiger partial charge is 0.481 e. The van der Waals surface area contributed by atoms with Crippen molar-refractivity contribution in [3.05, 3.63) is 33.8 Å². The van der Waals surface area contributed by atoms with E-state index in [4.69, 9.17) is 28.3 Å². The number of carboxylic acids is 1. The Morgan fingerprint density at radius 2 is 2.14 bits per heavy atom. The molecule has 1 aromatic rings. The molecule has 76 valence electrons. The molecule has 1 aromatic carbocycles. The van der Waals surface area contributed by atoms with Gasteiger partial charge >= 0.3 is 5.97 Å². The summed E-state index contributed by atoms with van der Waals surface area (Å²) in [5.41, 5.74) is 0.811. The second-order valence-corrected chi connectivity index (χ2v) is 4.02. The number of rotatable bonds is 3. The van der Waals surface area contributed by atoms with Crippen molar-refractivity contribution in [1.29, 1.82) is 0 Å². The molecule has 4 heteroatoms. The molecule has 0 fully saturated rings. The van der Waals surface area contributed by atoms with Crippen LogP contribution in [0.25, 0.3) is 0 Å². The Balaban J connectivity index is 2.82. The van der Waals surface area contributed by atoms with Gasteiger partial charge in [-0.3, -0.25) is 4.79 Å². The monoisotopic (exact) mass is 232 g/mol. The molecule has 14 heavy (non-hydrogen) atoms. The number of hydrogen-bond donors (Lipinski definition) is 1. The molecule has 1 rings (SSSR count). The van der Waals surface area contributed by atoms with Crippen molar-refractivity contribution in [3.8, 4) is 0 Å². The maximum absolute atomic E-state index is 10.6. The first-order chi connectivity index (χ1) is 6.50. The first-order valence-corrected chi connectivity index (χ1v) is 4.93. The van der Waals surface area contributed by atoms with Crippen LogP contribution in [0, 0.1) is 5.92 Å². The molecule has 0 saturated heterocycles. The summed E-state index contributed by atoms with van der Waals surface area (Å²) in [5.74, 6) is -1.26. The van der Waals surface area contributed by atoms with E-state index in [-0.39, 0.29) is 0 Å². The predicted molar refractivity (Wildman–Crippen MR) is 57.0 cm³/mol. The van der Waals surface area contributed by atoms with Gasteiger partial charge in [-0.1, -0.05) is 36.2 Å². The zero-order valence-electron chi connectivity index (χ0n) is 7.63. The molecule has 0 spiro atoms. The zero-order valence-corrected chi connectivity index (χ0v) is 9.14. The molecule has 0 unspecified atom stereocenters. The summed E-state index contributed by atoms with van der Waals surface area (Å²) >= 11 is 11.6. The quantitative estimate of drug-likeness (QED) is 0.869. The molecular formula is C10H10Cl2O2. The number of benzene rings is 1. The Morgan fingerprint density at radius 3 is 2.64 bits per heavy atom. The lowest BCUT2D eigenvalue weighted by atomic mass is 10.0. The minimum atomic E-state index is -0.823. The Hall–Kier alpha value is -0.730. The highest BCUT2D eigenvalue weighted by Crippen LogP contribution is 2.23. The molecule has 0 aromatic heterocycles. The van der Waals surface area contributed by atoms with Gasteiger partial charge in [0.1, 0.15) is 0 Å². The summed E-state index contributed by atoms with van der Waals surface area (Å²) in [6.07, 6.45) is 0.422. The minimum absolute atomic E-state index is 0.422. The molecule has 0 aliphatic carbocycles. The van der Waals surface area contributed by atoms with E-state index in [1.807, 2.05) is 0 Å². The summed E-state index contributed by atoms with van der Waals surface area (Å²) in [4.78, 5) is 10.6. The van der Waals surface area contributed by atoms with Crippen LogP contribution in [0.1, 0.15) is 12.5 Å². The van der Waals surface area contributed by atoms with Gasteiger partial charge in [0.25, 0.3) is 0 Å². The van der Waals surface area contributed by atoms with Gasteiger partial charge in [0.15, 0.2) is 0 Å². The molecule has 1 N–H and O–H groups in total. The van der Waals surface area contributed by atoms with Crippen molar-refractivity contribution >= 4 is 29.2 Å². The fourth-order valence-corrected chi connectivity index (χ4v) is 1.59. The Labute approximate surface area is 92.5 Å². The van der Waals surface area contributed by atoms with Crippen LogP contribution in [0.2, 0.25) is 10.0 Å². The molecule has 1 atom stereocenters.